The van der Waals surface area contributed by atoms with Gasteiger partial charge in [-0.05, 0) is 18.1 Å². The Morgan fingerprint density at radius 3 is 2.44 bits per heavy atom. The van der Waals surface area contributed by atoms with Crippen molar-refractivity contribution in [2.24, 2.45) is 0 Å². The minimum atomic E-state index is -0.743. The molecule has 1 fully saturated rings. The van der Waals surface area contributed by atoms with Gasteiger partial charge in [0.05, 0.1) is 22.0 Å². The summed E-state index contributed by atoms with van der Waals surface area (Å²) in [7, 11) is 0. The maximum Gasteiger partial charge on any atom is 0.414 e. The van der Waals surface area contributed by atoms with Crippen LogP contribution in [0.3, 0.4) is 0 Å². The number of ether oxygens (including phenoxy) is 1. The van der Waals surface area contributed by atoms with E-state index in [-0.39, 0.29) is 12.3 Å². The fourth-order valence-electron chi connectivity index (χ4n) is 2.77. The van der Waals surface area contributed by atoms with E-state index in [4.69, 9.17) is 4.74 Å². The molecule has 0 aromatic heterocycles. The fraction of sp³-hybridized carbons (Fsp3) is 0.188. The molecule has 2 aromatic rings. The number of non-ortho nitro benzene ring substituents is 1. The molecule has 0 aliphatic carbocycles. The van der Waals surface area contributed by atoms with Gasteiger partial charge in [0.1, 0.15) is 12.3 Å². The smallest absolute Gasteiger partial charge is 0.414 e. The SMILES string of the molecule is O=C1OCC(Cc2ccccc2)N1c1ccc([N+](=O)[O-])cc1[N+](=O)[O-]. The second-order valence-electron chi connectivity index (χ2n) is 5.48. The van der Waals surface area contributed by atoms with Crippen molar-refractivity contribution in [1.82, 2.24) is 0 Å². The Balaban J connectivity index is 1.99. The number of anilines is 1. The third-order valence-corrected chi connectivity index (χ3v) is 3.90. The second-order valence-corrected chi connectivity index (χ2v) is 5.48. The number of nitro groups is 2. The van der Waals surface area contributed by atoms with E-state index in [1.54, 1.807) is 0 Å². The summed E-state index contributed by atoms with van der Waals surface area (Å²) < 4.78 is 5.05. The molecule has 0 bridgehead atoms. The van der Waals surface area contributed by atoms with Crippen molar-refractivity contribution in [2.75, 3.05) is 11.5 Å². The number of benzene rings is 2. The van der Waals surface area contributed by atoms with Crippen molar-refractivity contribution in [3.8, 4) is 0 Å². The summed E-state index contributed by atoms with van der Waals surface area (Å²) in [6.07, 6.45) is -0.265. The topological polar surface area (TPSA) is 116 Å². The van der Waals surface area contributed by atoms with Crippen LogP contribution in [0.25, 0.3) is 0 Å². The van der Waals surface area contributed by atoms with Crippen LogP contribution in [0.5, 0.6) is 0 Å². The van der Waals surface area contributed by atoms with Crippen LogP contribution in [-0.4, -0.2) is 28.6 Å². The summed E-state index contributed by atoms with van der Waals surface area (Å²) in [4.78, 5) is 34.0. The lowest BCUT2D eigenvalue weighted by Crippen LogP contribution is -2.35. The minimum absolute atomic E-state index is 0.0148. The average Bonchev–Trinajstić information content (AvgIpc) is 2.95. The Morgan fingerprint density at radius 2 is 1.80 bits per heavy atom. The number of cyclic esters (lactones) is 1. The molecule has 1 aliphatic heterocycles. The molecule has 1 aliphatic rings. The number of carbonyl (C=O) groups excluding carboxylic acids is 1. The van der Waals surface area contributed by atoms with Gasteiger partial charge >= 0.3 is 6.09 Å². The normalized spacial score (nSPS) is 16.6. The number of amides is 1. The molecule has 1 unspecified atom stereocenters. The largest absolute Gasteiger partial charge is 0.447 e. The highest BCUT2D eigenvalue weighted by Gasteiger charge is 2.38. The number of nitrogens with zero attached hydrogens (tertiary/aromatic N) is 3. The van der Waals surface area contributed by atoms with E-state index < -0.39 is 33.4 Å². The van der Waals surface area contributed by atoms with Gasteiger partial charge in [-0.2, -0.15) is 0 Å². The Labute approximate surface area is 141 Å². The van der Waals surface area contributed by atoms with Gasteiger partial charge in [0, 0.05) is 6.07 Å². The van der Waals surface area contributed by atoms with Gasteiger partial charge in [-0.15, -0.1) is 0 Å². The zero-order valence-electron chi connectivity index (χ0n) is 12.9. The summed E-state index contributed by atoms with van der Waals surface area (Å²) in [6.45, 7) is 0.0852. The quantitative estimate of drug-likeness (QED) is 0.608. The maximum absolute atomic E-state index is 12.1. The Bertz CT molecular complexity index is 839. The monoisotopic (exact) mass is 343 g/mol. The molecular formula is C16H13N3O6. The van der Waals surface area contributed by atoms with Gasteiger partial charge in [0.25, 0.3) is 11.4 Å². The number of hydrogen-bond donors (Lipinski definition) is 0. The van der Waals surface area contributed by atoms with Crippen LogP contribution in [0.2, 0.25) is 0 Å². The van der Waals surface area contributed by atoms with Gasteiger partial charge in [0.15, 0.2) is 0 Å². The van der Waals surface area contributed by atoms with Crippen LogP contribution < -0.4 is 4.90 Å². The molecule has 1 atom stereocenters. The minimum Gasteiger partial charge on any atom is -0.447 e. The van der Waals surface area contributed by atoms with Crippen LogP contribution in [0, 0.1) is 20.2 Å². The highest BCUT2D eigenvalue weighted by atomic mass is 16.6. The van der Waals surface area contributed by atoms with E-state index in [1.165, 1.54) is 11.0 Å². The van der Waals surface area contributed by atoms with Gasteiger partial charge in [-0.25, -0.2) is 4.79 Å². The van der Waals surface area contributed by atoms with Gasteiger partial charge in [-0.1, -0.05) is 30.3 Å². The Hall–Kier alpha value is -3.49. The van der Waals surface area contributed by atoms with E-state index in [2.05, 4.69) is 0 Å². The summed E-state index contributed by atoms with van der Waals surface area (Å²) in [6, 6.07) is 12.1. The molecule has 0 spiro atoms. The molecule has 9 heteroatoms. The van der Waals surface area contributed by atoms with E-state index in [0.717, 1.165) is 17.7 Å². The molecule has 0 N–H and O–H groups in total. The summed E-state index contributed by atoms with van der Waals surface area (Å²) in [5, 5.41) is 22.2. The van der Waals surface area contributed by atoms with Crippen molar-refractivity contribution < 1.29 is 19.4 Å². The van der Waals surface area contributed by atoms with Crippen LogP contribution in [-0.2, 0) is 11.2 Å². The third-order valence-electron chi connectivity index (χ3n) is 3.90. The van der Waals surface area contributed by atoms with Crippen molar-refractivity contribution in [3.63, 3.8) is 0 Å². The number of nitro benzene ring substituents is 2. The molecule has 1 heterocycles. The lowest BCUT2D eigenvalue weighted by Gasteiger charge is -2.21. The van der Waals surface area contributed by atoms with Gasteiger partial charge < -0.3 is 4.74 Å². The zero-order valence-corrected chi connectivity index (χ0v) is 12.9. The van der Waals surface area contributed by atoms with E-state index in [1.807, 2.05) is 30.3 Å². The van der Waals surface area contributed by atoms with E-state index in [9.17, 15) is 25.0 Å². The molecule has 3 rings (SSSR count). The Kier molecular flexibility index (Phi) is 4.29. The van der Waals surface area contributed by atoms with Gasteiger partial charge in [-0.3, -0.25) is 25.1 Å². The number of rotatable bonds is 5. The summed E-state index contributed by atoms with van der Waals surface area (Å²) >= 11 is 0. The number of hydrogen-bond acceptors (Lipinski definition) is 6. The predicted molar refractivity (Wildman–Crippen MR) is 87.5 cm³/mol. The molecule has 9 nitrogen and oxygen atoms in total. The van der Waals surface area contributed by atoms with Crippen LogP contribution in [0.1, 0.15) is 5.56 Å². The number of carbonyl (C=O) groups is 1. The van der Waals surface area contributed by atoms with Gasteiger partial charge in [0.2, 0.25) is 0 Å². The zero-order chi connectivity index (χ0) is 18.0. The van der Waals surface area contributed by atoms with Crippen molar-refractivity contribution >= 4 is 23.2 Å². The highest BCUT2D eigenvalue weighted by molar-refractivity contribution is 5.93. The summed E-state index contributed by atoms with van der Waals surface area (Å²) in [5.41, 5.74) is 0.00753. The van der Waals surface area contributed by atoms with Crippen molar-refractivity contribution in [2.45, 2.75) is 12.5 Å². The molecule has 0 saturated carbocycles. The second kappa shape index (κ2) is 6.56. The lowest BCUT2D eigenvalue weighted by molar-refractivity contribution is -0.393. The first-order valence-corrected chi connectivity index (χ1v) is 7.40. The first kappa shape index (κ1) is 16.4. The van der Waals surface area contributed by atoms with Crippen LogP contribution in [0.15, 0.2) is 48.5 Å². The van der Waals surface area contributed by atoms with Crippen LogP contribution in [0.4, 0.5) is 21.9 Å². The third kappa shape index (κ3) is 3.25. The fourth-order valence-corrected chi connectivity index (χ4v) is 2.77. The molecule has 128 valence electrons. The average molecular weight is 343 g/mol. The molecule has 1 saturated heterocycles. The van der Waals surface area contributed by atoms with E-state index >= 15 is 0 Å². The molecular weight excluding hydrogens is 330 g/mol. The standard InChI is InChI=1S/C16H13N3O6/c20-16-17(13(10-25-16)8-11-4-2-1-3-5-11)14-7-6-12(18(21)22)9-15(14)19(23)24/h1-7,9,13H,8,10H2. The first-order chi connectivity index (χ1) is 12.0. The first-order valence-electron chi connectivity index (χ1n) is 7.40. The van der Waals surface area contributed by atoms with Crippen molar-refractivity contribution in [1.29, 1.82) is 0 Å². The van der Waals surface area contributed by atoms with Crippen LogP contribution >= 0.6 is 0 Å². The Morgan fingerprint density at radius 1 is 1.08 bits per heavy atom. The molecule has 25 heavy (non-hydrogen) atoms. The predicted octanol–water partition coefficient (Wildman–Crippen LogP) is 3.07. The molecule has 1 amide bonds. The van der Waals surface area contributed by atoms with E-state index in [0.29, 0.717) is 6.42 Å². The molecule has 0 radical (unpaired) electrons. The molecule has 2 aromatic carbocycles. The summed E-state index contributed by atoms with van der Waals surface area (Å²) in [5.74, 6) is 0. The highest BCUT2D eigenvalue weighted by Crippen LogP contribution is 2.35. The van der Waals surface area contributed by atoms with Crippen molar-refractivity contribution in [3.05, 3.63) is 74.3 Å². The maximum atomic E-state index is 12.1. The lowest BCUT2D eigenvalue weighted by atomic mass is 10.1.